The van der Waals surface area contributed by atoms with Gasteiger partial charge >= 0.3 is 0 Å². The van der Waals surface area contributed by atoms with Gasteiger partial charge in [-0.05, 0) is 36.4 Å². The first-order valence-electron chi connectivity index (χ1n) is 5.68. The van der Waals surface area contributed by atoms with E-state index in [-0.39, 0.29) is 17.5 Å². The Hall–Kier alpha value is -1.94. The largest absolute Gasteiger partial charge is 0.295 e. The van der Waals surface area contributed by atoms with Crippen LogP contribution in [0.2, 0.25) is 0 Å². The van der Waals surface area contributed by atoms with Gasteiger partial charge in [-0.1, -0.05) is 0 Å². The molecule has 3 aromatic rings. The van der Waals surface area contributed by atoms with E-state index in [4.69, 9.17) is 11.6 Å². The number of hydrogen-bond donors (Lipinski definition) is 0. The van der Waals surface area contributed by atoms with Gasteiger partial charge in [0, 0.05) is 11.8 Å². The van der Waals surface area contributed by atoms with Crippen molar-refractivity contribution in [2.24, 2.45) is 0 Å². The van der Waals surface area contributed by atoms with E-state index in [1.807, 2.05) is 0 Å². The maximum atomic E-state index is 13.2. The van der Waals surface area contributed by atoms with E-state index >= 15 is 0 Å². The Balaban J connectivity index is 2.29. The van der Waals surface area contributed by atoms with Crippen LogP contribution in [0.15, 0.2) is 42.5 Å². The SMILES string of the molecule is Fc1ccc(-n2c(CCl)nc3cc(F)ccc32)cc1. The summed E-state index contributed by atoms with van der Waals surface area (Å²) in [6.07, 6.45) is 0. The smallest absolute Gasteiger partial charge is 0.129 e. The highest BCUT2D eigenvalue weighted by Crippen LogP contribution is 2.23. The molecule has 3 rings (SSSR count). The molecule has 0 spiro atoms. The van der Waals surface area contributed by atoms with Gasteiger partial charge in [-0.2, -0.15) is 0 Å². The van der Waals surface area contributed by atoms with Gasteiger partial charge in [0.25, 0.3) is 0 Å². The number of alkyl halides is 1. The lowest BCUT2D eigenvalue weighted by molar-refractivity contribution is 0.627. The van der Waals surface area contributed by atoms with Crippen LogP contribution in [0.25, 0.3) is 16.7 Å². The molecule has 0 amide bonds. The van der Waals surface area contributed by atoms with E-state index in [0.717, 1.165) is 11.2 Å². The molecule has 1 heterocycles. The Labute approximate surface area is 113 Å². The van der Waals surface area contributed by atoms with Crippen molar-refractivity contribution in [1.82, 2.24) is 9.55 Å². The Morgan fingerprint density at radius 2 is 1.68 bits per heavy atom. The molecule has 19 heavy (non-hydrogen) atoms. The first kappa shape index (κ1) is 12.1. The van der Waals surface area contributed by atoms with Gasteiger partial charge < -0.3 is 0 Å². The summed E-state index contributed by atoms with van der Waals surface area (Å²) < 4.78 is 28.0. The average molecular weight is 279 g/mol. The summed E-state index contributed by atoms with van der Waals surface area (Å²) in [4.78, 5) is 4.29. The fourth-order valence-electron chi connectivity index (χ4n) is 2.07. The van der Waals surface area contributed by atoms with E-state index in [1.165, 1.54) is 24.3 Å². The Morgan fingerprint density at radius 3 is 2.37 bits per heavy atom. The Kier molecular flexibility index (Phi) is 2.95. The van der Waals surface area contributed by atoms with E-state index in [1.54, 1.807) is 22.8 Å². The minimum atomic E-state index is -0.350. The van der Waals surface area contributed by atoms with Gasteiger partial charge in [-0.25, -0.2) is 13.8 Å². The molecule has 2 nitrogen and oxygen atoms in total. The van der Waals surface area contributed by atoms with Crippen molar-refractivity contribution in [3.8, 4) is 5.69 Å². The molecule has 2 aromatic carbocycles. The average Bonchev–Trinajstić information content (AvgIpc) is 2.77. The third-order valence-corrected chi connectivity index (χ3v) is 3.13. The highest BCUT2D eigenvalue weighted by atomic mass is 35.5. The molecule has 0 unspecified atom stereocenters. The minimum Gasteiger partial charge on any atom is -0.295 e. The zero-order valence-electron chi connectivity index (χ0n) is 9.78. The van der Waals surface area contributed by atoms with Gasteiger partial charge in [-0.3, -0.25) is 4.57 Å². The van der Waals surface area contributed by atoms with Crippen LogP contribution in [-0.4, -0.2) is 9.55 Å². The number of rotatable bonds is 2. The van der Waals surface area contributed by atoms with E-state index in [9.17, 15) is 8.78 Å². The fraction of sp³-hybridized carbons (Fsp3) is 0.0714. The lowest BCUT2D eigenvalue weighted by Gasteiger charge is -2.07. The molecule has 0 atom stereocenters. The number of nitrogens with zero attached hydrogens (tertiary/aromatic N) is 2. The maximum Gasteiger partial charge on any atom is 0.129 e. The molecule has 0 saturated heterocycles. The monoisotopic (exact) mass is 278 g/mol. The van der Waals surface area contributed by atoms with Crippen molar-refractivity contribution in [1.29, 1.82) is 0 Å². The van der Waals surface area contributed by atoms with Gasteiger partial charge in [0.2, 0.25) is 0 Å². The molecular weight excluding hydrogens is 270 g/mol. The first-order chi connectivity index (χ1) is 9.19. The van der Waals surface area contributed by atoms with Crippen LogP contribution in [0.1, 0.15) is 5.82 Å². The Morgan fingerprint density at radius 1 is 1.00 bits per heavy atom. The standard InChI is InChI=1S/C14H9ClF2N2/c15-8-14-18-12-7-10(17)3-6-13(12)19(14)11-4-1-9(16)2-5-11/h1-7H,8H2. The summed E-state index contributed by atoms with van der Waals surface area (Å²) in [5, 5.41) is 0. The third kappa shape index (κ3) is 2.08. The van der Waals surface area contributed by atoms with Gasteiger partial charge in [0.15, 0.2) is 0 Å². The molecule has 0 saturated carbocycles. The molecule has 96 valence electrons. The van der Waals surface area contributed by atoms with E-state index < -0.39 is 0 Å². The highest BCUT2D eigenvalue weighted by Gasteiger charge is 2.12. The van der Waals surface area contributed by atoms with Crippen LogP contribution in [0, 0.1) is 11.6 Å². The lowest BCUT2D eigenvalue weighted by Crippen LogP contribution is -1.99. The summed E-state index contributed by atoms with van der Waals surface area (Å²) in [5.74, 6) is 0.117. The van der Waals surface area contributed by atoms with Crippen molar-refractivity contribution in [3.05, 3.63) is 59.9 Å². The second kappa shape index (κ2) is 4.63. The zero-order valence-corrected chi connectivity index (χ0v) is 10.5. The van der Waals surface area contributed by atoms with Crippen molar-refractivity contribution in [2.75, 3.05) is 0 Å². The number of halogens is 3. The normalized spacial score (nSPS) is 11.1. The number of hydrogen-bond acceptors (Lipinski definition) is 1. The maximum absolute atomic E-state index is 13.2. The topological polar surface area (TPSA) is 17.8 Å². The molecule has 0 aliphatic heterocycles. The molecule has 0 radical (unpaired) electrons. The Bertz CT molecular complexity index is 735. The summed E-state index contributed by atoms with van der Waals surface area (Å²) in [5.41, 5.74) is 2.01. The summed E-state index contributed by atoms with van der Waals surface area (Å²) in [6, 6.07) is 10.3. The summed E-state index contributed by atoms with van der Waals surface area (Å²) >= 11 is 5.87. The number of fused-ring (bicyclic) bond motifs is 1. The first-order valence-corrected chi connectivity index (χ1v) is 6.21. The van der Waals surface area contributed by atoms with Gasteiger partial charge in [0.05, 0.1) is 16.9 Å². The van der Waals surface area contributed by atoms with Crippen molar-refractivity contribution >= 4 is 22.6 Å². The van der Waals surface area contributed by atoms with E-state index in [0.29, 0.717) is 11.3 Å². The lowest BCUT2D eigenvalue weighted by atomic mass is 10.2. The molecule has 0 aliphatic carbocycles. The van der Waals surface area contributed by atoms with Crippen LogP contribution in [0.3, 0.4) is 0 Å². The van der Waals surface area contributed by atoms with Gasteiger partial charge in [-0.15, -0.1) is 11.6 Å². The van der Waals surface area contributed by atoms with Crippen molar-refractivity contribution < 1.29 is 8.78 Å². The zero-order chi connectivity index (χ0) is 13.4. The predicted octanol–water partition coefficient (Wildman–Crippen LogP) is 4.04. The van der Waals surface area contributed by atoms with E-state index in [2.05, 4.69) is 4.98 Å². The fourth-order valence-corrected chi connectivity index (χ4v) is 2.25. The van der Waals surface area contributed by atoms with Crippen LogP contribution in [-0.2, 0) is 5.88 Å². The summed E-state index contributed by atoms with van der Waals surface area (Å²) in [7, 11) is 0. The van der Waals surface area contributed by atoms with Crippen LogP contribution >= 0.6 is 11.6 Å². The highest BCUT2D eigenvalue weighted by molar-refractivity contribution is 6.17. The molecule has 0 N–H and O–H groups in total. The number of imidazole rings is 1. The molecular formula is C14H9ClF2N2. The minimum absolute atomic E-state index is 0.188. The van der Waals surface area contributed by atoms with Crippen molar-refractivity contribution in [3.63, 3.8) is 0 Å². The van der Waals surface area contributed by atoms with Gasteiger partial charge in [0.1, 0.15) is 17.5 Å². The predicted molar refractivity (Wildman–Crippen MR) is 70.5 cm³/mol. The second-order valence-electron chi connectivity index (χ2n) is 4.11. The van der Waals surface area contributed by atoms with Crippen LogP contribution in [0.5, 0.6) is 0 Å². The third-order valence-electron chi connectivity index (χ3n) is 2.89. The van der Waals surface area contributed by atoms with Crippen LogP contribution in [0.4, 0.5) is 8.78 Å². The second-order valence-corrected chi connectivity index (χ2v) is 4.37. The molecule has 5 heteroatoms. The number of aromatic nitrogens is 2. The molecule has 0 aliphatic rings. The molecule has 0 bridgehead atoms. The quantitative estimate of drug-likeness (QED) is 0.647. The van der Waals surface area contributed by atoms with Crippen LogP contribution < -0.4 is 0 Å². The number of benzene rings is 2. The molecule has 0 fully saturated rings. The molecule has 1 aromatic heterocycles. The van der Waals surface area contributed by atoms with Crippen molar-refractivity contribution in [2.45, 2.75) is 5.88 Å². The summed E-state index contributed by atoms with van der Waals surface area (Å²) in [6.45, 7) is 0.